The van der Waals surface area contributed by atoms with Gasteiger partial charge in [0.15, 0.2) is 11.5 Å². The van der Waals surface area contributed by atoms with Gasteiger partial charge in [-0.15, -0.1) is 0 Å². The van der Waals surface area contributed by atoms with Gasteiger partial charge in [0.05, 0.1) is 33.8 Å². The van der Waals surface area contributed by atoms with Crippen molar-refractivity contribution in [1.82, 2.24) is 0 Å². The Balaban J connectivity index is 2.13. The Bertz CT molecular complexity index is 728. The summed E-state index contributed by atoms with van der Waals surface area (Å²) in [7, 11) is 8.73. The summed E-state index contributed by atoms with van der Waals surface area (Å²) in [6, 6.07) is 11.7. The normalized spacial score (nSPS) is 11.1. The van der Waals surface area contributed by atoms with Gasteiger partial charge in [0.25, 0.3) is 0 Å². The third-order valence-electron chi connectivity index (χ3n) is 3.58. The maximum Gasteiger partial charge on any atom is 0.203 e. The Morgan fingerprint density at radius 1 is 0.760 bits per heavy atom. The van der Waals surface area contributed by atoms with E-state index in [9.17, 15) is 0 Å². The number of methoxy groups -OCH3 is 3. The van der Waals surface area contributed by atoms with Gasteiger partial charge in [0.1, 0.15) is 0 Å². The standard InChI is InChI=1S/C19H23N3O3/c1-22(2)16-8-6-14(7-9-16)12-20-21-13-15-10-17(23-3)19(25-5)18(11-15)24-4/h6-13H,1-5H3. The molecule has 0 unspecified atom stereocenters. The number of ether oxygens (including phenoxy) is 3. The molecule has 0 amide bonds. The van der Waals surface area contributed by atoms with Gasteiger partial charge in [-0.3, -0.25) is 0 Å². The van der Waals surface area contributed by atoms with Gasteiger partial charge in [-0.2, -0.15) is 10.2 Å². The molecule has 2 rings (SSSR count). The quantitative estimate of drug-likeness (QED) is 0.573. The first-order chi connectivity index (χ1) is 12.1. The van der Waals surface area contributed by atoms with Crippen LogP contribution < -0.4 is 19.1 Å². The molecule has 0 aliphatic heterocycles. The Hall–Kier alpha value is -3.02. The zero-order valence-electron chi connectivity index (χ0n) is 15.2. The van der Waals surface area contributed by atoms with Crippen LogP contribution in [0.2, 0.25) is 0 Å². The van der Waals surface area contributed by atoms with E-state index in [1.807, 2.05) is 55.4 Å². The van der Waals surface area contributed by atoms with Crippen molar-refractivity contribution in [3.8, 4) is 17.2 Å². The number of rotatable bonds is 7. The number of hydrogen-bond acceptors (Lipinski definition) is 6. The minimum absolute atomic E-state index is 0.548. The lowest BCUT2D eigenvalue weighted by Gasteiger charge is -2.12. The van der Waals surface area contributed by atoms with Crippen molar-refractivity contribution in [3.63, 3.8) is 0 Å². The molecule has 0 fully saturated rings. The highest BCUT2D eigenvalue weighted by Gasteiger charge is 2.12. The van der Waals surface area contributed by atoms with Crippen LogP contribution in [-0.2, 0) is 0 Å². The highest BCUT2D eigenvalue weighted by atomic mass is 16.5. The summed E-state index contributed by atoms with van der Waals surface area (Å²) >= 11 is 0. The summed E-state index contributed by atoms with van der Waals surface area (Å²) in [5.41, 5.74) is 2.92. The topological polar surface area (TPSA) is 55.7 Å². The molecule has 0 aromatic heterocycles. The Morgan fingerprint density at radius 3 is 1.72 bits per heavy atom. The molecule has 0 atom stereocenters. The van der Waals surface area contributed by atoms with Gasteiger partial charge in [0.2, 0.25) is 5.75 Å². The smallest absolute Gasteiger partial charge is 0.203 e. The van der Waals surface area contributed by atoms with Crippen LogP contribution in [0.5, 0.6) is 17.2 Å². The Morgan fingerprint density at radius 2 is 1.28 bits per heavy atom. The van der Waals surface area contributed by atoms with Crippen LogP contribution in [0.1, 0.15) is 11.1 Å². The average Bonchev–Trinajstić information content (AvgIpc) is 2.64. The molecule has 0 aliphatic rings. The van der Waals surface area contributed by atoms with Crippen molar-refractivity contribution in [1.29, 1.82) is 0 Å². The van der Waals surface area contributed by atoms with E-state index in [0.29, 0.717) is 17.2 Å². The van der Waals surface area contributed by atoms with Crippen molar-refractivity contribution in [2.24, 2.45) is 10.2 Å². The second kappa shape index (κ2) is 8.73. The largest absolute Gasteiger partial charge is 0.493 e. The highest BCUT2D eigenvalue weighted by molar-refractivity contribution is 5.84. The third kappa shape index (κ3) is 4.73. The first-order valence-corrected chi connectivity index (χ1v) is 7.72. The van der Waals surface area contributed by atoms with E-state index in [4.69, 9.17) is 14.2 Å². The average molecular weight is 341 g/mol. The molecule has 0 saturated heterocycles. The summed E-state index contributed by atoms with van der Waals surface area (Å²) in [6.45, 7) is 0. The lowest BCUT2D eigenvalue weighted by Crippen LogP contribution is -2.08. The van der Waals surface area contributed by atoms with Crippen molar-refractivity contribution >= 4 is 18.1 Å². The summed E-state index contributed by atoms with van der Waals surface area (Å²) in [6.07, 6.45) is 3.34. The van der Waals surface area contributed by atoms with Gasteiger partial charge in [-0.05, 0) is 29.8 Å². The van der Waals surface area contributed by atoms with Crippen LogP contribution in [0.25, 0.3) is 0 Å². The van der Waals surface area contributed by atoms with E-state index in [1.165, 1.54) is 0 Å². The molecule has 25 heavy (non-hydrogen) atoms. The first-order valence-electron chi connectivity index (χ1n) is 7.72. The van der Waals surface area contributed by atoms with Crippen LogP contribution >= 0.6 is 0 Å². The Labute approximate surface area is 148 Å². The van der Waals surface area contributed by atoms with E-state index in [2.05, 4.69) is 10.2 Å². The maximum atomic E-state index is 5.32. The number of nitrogens with zero attached hydrogens (tertiary/aromatic N) is 3. The number of anilines is 1. The lowest BCUT2D eigenvalue weighted by atomic mass is 10.2. The van der Waals surface area contributed by atoms with E-state index in [1.54, 1.807) is 33.8 Å². The van der Waals surface area contributed by atoms with Crippen molar-refractivity contribution < 1.29 is 14.2 Å². The SMILES string of the molecule is COc1cc(C=NN=Cc2ccc(N(C)C)cc2)cc(OC)c1OC. The molecule has 6 heteroatoms. The van der Waals surface area contributed by atoms with Crippen molar-refractivity contribution in [2.75, 3.05) is 40.3 Å². The van der Waals surface area contributed by atoms with E-state index in [0.717, 1.165) is 16.8 Å². The molecule has 6 nitrogen and oxygen atoms in total. The van der Waals surface area contributed by atoms with Gasteiger partial charge in [0, 0.05) is 25.3 Å². The lowest BCUT2D eigenvalue weighted by molar-refractivity contribution is 0.324. The molecule has 132 valence electrons. The van der Waals surface area contributed by atoms with Crippen LogP contribution in [0, 0.1) is 0 Å². The minimum Gasteiger partial charge on any atom is -0.493 e. The fraction of sp³-hybridized carbons (Fsp3) is 0.263. The van der Waals surface area contributed by atoms with Gasteiger partial charge >= 0.3 is 0 Å². The van der Waals surface area contributed by atoms with Crippen LogP contribution in [0.15, 0.2) is 46.6 Å². The van der Waals surface area contributed by atoms with E-state index in [-0.39, 0.29) is 0 Å². The Kier molecular flexibility index (Phi) is 6.39. The molecular formula is C19H23N3O3. The fourth-order valence-corrected chi connectivity index (χ4v) is 2.23. The molecule has 0 radical (unpaired) electrons. The summed E-state index contributed by atoms with van der Waals surface area (Å²) in [4.78, 5) is 2.05. The molecule has 2 aromatic carbocycles. The first kappa shape index (κ1) is 18.3. The molecule has 0 bridgehead atoms. The second-order valence-electron chi connectivity index (χ2n) is 5.43. The number of hydrogen-bond donors (Lipinski definition) is 0. The summed E-state index contributed by atoms with van der Waals surface area (Å²) in [5, 5.41) is 8.17. The van der Waals surface area contributed by atoms with E-state index >= 15 is 0 Å². The number of benzene rings is 2. The molecule has 0 spiro atoms. The highest BCUT2D eigenvalue weighted by Crippen LogP contribution is 2.37. The minimum atomic E-state index is 0.548. The van der Waals surface area contributed by atoms with Crippen LogP contribution in [0.4, 0.5) is 5.69 Å². The zero-order chi connectivity index (χ0) is 18.2. The molecular weight excluding hydrogens is 318 g/mol. The van der Waals surface area contributed by atoms with Crippen molar-refractivity contribution in [3.05, 3.63) is 47.5 Å². The van der Waals surface area contributed by atoms with Gasteiger partial charge in [-0.1, -0.05) is 12.1 Å². The van der Waals surface area contributed by atoms with Crippen molar-refractivity contribution in [2.45, 2.75) is 0 Å². The molecule has 2 aromatic rings. The predicted octanol–water partition coefficient (Wildman–Crippen LogP) is 3.23. The van der Waals surface area contributed by atoms with Gasteiger partial charge in [-0.25, -0.2) is 0 Å². The molecule has 0 saturated carbocycles. The van der Waals surface area contributed by atoms with Crippen LogP contribution in [0.3, 0.4) is 0 Å². The summed E-state index contributed by atoms with van der Waals surface area (Å²) in [5.74, 6) is 1.70. The molecule has 0 aliphatic carbocycles. The van der Waals surface area contributed by atoms with Gasteiger partial charge < -0.3 is 19.1 Å². The molecule has 0 N–H and O–H groups in total. The molecule has 0 heterocycles. The maximum absolute atomic E-state index is 5.32. The third-order valence-corrected chi connectivity index (χ3v) is 3.58. The van der Waals surface area contributed by atoms with Crippen LogP contribution in [-0.4, -0.2) is 47.9 Å². The van der Waals surface area contributed by atoms with E-state index < -0.39 is 0 Å². The zero-order valence-corrected chi connectivity index (χ0v) is 15.2. The predicted molar refractivity (Wildman–Crippen MR) is 102 cm³/mol. The second-order valence-corrected chi connectivity index (χ2v) is 5.43. The fourth-order valence-electron chi connectivity index (χ4n) is 2.23. The monoisotopic (exact) mass is 341 g/mol. The summed E-state index contributed by atoms with van der Waals surface area (Å²) < 4.78 is 15.9.